The van der Waals surface area contributed by atoms with Crippen LogP contribution in [0.2, 0.25) is 0 Å². The standard InChI is InChI=1S/C22H21N3O/c26-22(21-23-15-14-20(25-21)18-8-2-1-3-9-18)24-19-12-10-16-6-4-5-7-17(16)11-13-19/h1-9,14-15,19H,10-13H2,(H,24,26). The molecule has 0 saturated heterocycles. The number of aryl methyl sites for hydroxylation is 2. The minimum atomic E-state index is -0.196. The van der Waals surface area contributed by atoms with Crippen LogP contribution in [0.5, 0.6) is 0 Å². The molecule has 0 atom stereocenters. The van der Waals surface area contributed by atoms with Gasteiger partial charge in [-0.15, -0.1) is 0 Å². The molecule has 2 aromatic carbocycles. The molecule has 0 fully saturated rings. The van der Waals surface area contributed by atoms with Gasteiger partial charge in [0.2, 0.25) is 5.82 Å². The fraction of sp³-hybridized carbons (Fsp3) is 0.227. The molecule has 0 aliphatic heterocycles. The summed E-state index contributed by atoms with van der Waals surface area (Å²) < 4.78 is 0. The van der Waals surface area contributed by atoms with E-state index >= 15 is 0 Å². The first-order valence-electron chi connectivity index (χ1n) is 9.06. The third kappa shape index (κ3) is 3.64. The van der Waals surface area contributed by atoms with Crippen molar-refractivity contribution in [3.05, 3.63) is 83.8 Å². The van der Waals surface area contributed by atoms with Crippen LogP contribution in [-0.4, -0.2) is 21.9 Å². The van der Waals surface area contributed by atoms with Crippen molar-refractivity contribution in [2.24, 2.45) is 0 Å². The van der Waals surface area contributed by atoms with Gasteiger partial charge < -0.3 is 5.32 Å². The summed E-state index contributed by atoms with van der Waals surface area (Å²) >= 11 is 0. The Labute approximate surface area is 153 Å². The van der Waals surface area contributed by atoms with E-state index in [4.69, 9.17) is 0 Å². The molecule has 1 aromatic heterocycles. The number of carbonyl (C=O) groups is 1. The number of hydrogen-bond acceptors (Lipinski definition) is 3. The van der Waals surface area contributed by atoms with Crippen LogP contribution < -0.4 is 5.32 Å². The molecular formula is C22H21N3O. The molecule has 4 rings (SSSR count). The molecule has 0 radical (unpaired) electrons. The third-order valence-corrected chi connectivity index (χ3v) is 4.91. The van der Waals surface area contributed by atoms with Crippen LogP contribution >= 0.6 is 0 Å². The zero-order valence-electron chi connectivity index (χ0n) is 14.6. The van der Waals surface area contributed by atoms with E-state index in [9.17, 15) is 4.79 Å². The molecule has 1 heterocycles. The lowest BCUT2D eigenvalue weighted by Gasteiger charge is -2.15. The molecule has 0 spiro atoms. The Morgan fingerprint density at radius 1 is 0.885 bits per heavy atom. The molecular weight excluding hydrogens is 322 g/mol. The summed E-state index contributed by atoms with van der Waals surface area (Å²) in [4.78, 5) is 21.3. The van der Waals surface area contributed by atoms with E-state index in [0.29, 0.717) is 0 Å². The van der Waals surface area contributed by atoms with E-state index in [-0.39, 0.29) is 17.8 Å². The fourth-order valence-electron chi connectivity index (χ4n) is 3.48. The lowest BCUT2D eigenvalue weighted by molar-refractivity contribution is 0.0923. The van der Waals surface area contributed by atoms with Crippen molar-refractivity contribution < 1.29 is 4.79 Å². The first kappa shape index (κ1) is 16.5. The Balaban J connectivity index is 1.46. The molecule has 1 amide bonds. The second-order valence-electron chi connectivity index (χ2n) is 6.65. The molecule has 130 valence electrons. The van der Waals surface area contributed by atoms with Gasteiger partial charge in [0.25, 0.3) is 5.91 Å². The van der Waals surface area contributed by atoms with Crippen LogP contribution in [0.1, 0.15) is 34.6 Å². The number of aromatic nitrogens is 2. The highest BCUT2D eigenvalue weighted by molar-refractivity contribution is 5.91. The highest BCUT2D eigenvalue weighted by Gasteiger charge is 2.20. The second-order valence-corrected chi connectivity index (χ2v) is 6.65. The van der Waals surface area contributed by atoms with Gasteiger partial charge in [0.1, 0.15) is 0 Å². The average molecular weight is 343 g/mol. The number of fused-ring (bicyclic) bond motifs is 1. The predicted molar refractivity (Wildman–Crippen MR) is 102 cm³/mol. The molecule has 0 saturated carbocycles. The Bertz CT molecular complexity index is 881. The molecule has 3 aromatic rings. The molecule has 26 heavy (non-hydrogen) atoms. The molecule has 1 aliphatic rings. The number of amides is 1. The van der Waals surface area contributed by atoms with Crippen molar-refractivity contribution in [1.82, 2.24) is 15.3 Å². The summed E-state index contributed by atoms with van der Waals surface area (Å²) in [6.07, 6.45) is 5.52. The summed E-state index contributed by atoms with van der Waals surface area (Å²) in [5, 5.41) is 3.12. The molecule has 1 aliphatic carbocycles. The van der Waals surface area contributed by atoms with Gasteiger partial charge in [-0.2, -0.15) is 0 Å². The van der Waals surface area contributed by atoms with Crippen LogP contribution in [0.15, 0.2) is 66.9 Å². The predicted octanol–water partition coefficient (Wildman–Crippen LogP) is 3.82. The highest BCUT2D eigenvalue weighted by atomic mass is 16.2. The quantitative estimate of drug-likeness (QED) is 0.736. The lowest BCUT2D eigenvalue weighted by Crippen LogP contribution is -2.36. The monoisotopic (exact) mass is 343 g/mol. The Morgan fingerprint density at radius 2 is 1.54 bits per heavy atom. The van der Waals surface area contributed by atoms with Gasteiger partial charge in [-0.05, 0) is 42.9 Å². The number of hydrogen-bond donors (Lipinski definition) is 1. The minimum absolute atomic E-state index is 0.152. The summed E-state index contributed by atoms with van der Waals surface area (Å²) in [5.41, 5.74) is 4.53. The summed E-state index contributed by atoms with van der Waals surface area (Å²) in [5.74, 6) is 0.0341. The van der Waals surface area contributed by atoms with Gasteiger partial charge >= 0.3 is 0 Å². The number of nitrogens with one attached hydrogen (secondary N) is 1. The van der Waals surface area contributed by atoms with Crippen molar-refractivity contribution in [1.29, 1.82) is 0 Å². The van der Waals surface area contributed by atoms with Crippen molar-refractivity contribution in [3.8, 4) is 11.3 Å². The highest BCUT2D eigenvalue weighted by Crippen LogP contribution is 2.21. The van der Waals surface area contributed by atoms with Gasteiger partial charge in [-0.3, -0.25) is 4.79 Å². The zero-order valence-corrected chi connectivity index (χ0v) is 14.6. The smallest absolute Gasteiger partial charge is 0.289 e. The van der Waals surface area contributed by atoms with E-state index in [1.54, 1.807) is 6.20 Å². The SMILES string of the molecule is O=C(NC1CCc2ccccc2CC1)c1nccc(-c2ccccc2)n1. The molecule has 0 bridgehead atoms. The number of benzene rings is 2. The maximum absolute atomic E-state index is 12.6. The van der Waals surface area contributed by atoms with Crippen molar-refractivity contribution >= 4 is 5.91 Å². The Hall–Kier alpha value is -3.01. The first-order chi connectivity index (χ1) is 12.8. The largest absolute Gasteiger partial charge is 0.347 e. The topological polar surface area (TPSA) is 54.9 Å². The number of carbonyl (C=O) groups excluding carboxylic acids is 1. The third-order valence-electron chi connectivity index (χ3n) is 4.91. The van der Waals surface area contributed by atoms with Gasteiger partial charge in [0.15, 0.2) is 0 Å². The van der Waals surface area contributed by atoms with E-state index in [2.05, 4.69) is 39.6 Å². The van der Waals surface area contributed by atoms with Crippen molar-refractivity contribution in [2.75, 3.05) is 0 Å². The summed E-state index contributed by atoms with van der Waals surface area (Å²) in [7, 11) is 0. The minimum Gasteiger partial charge on any atom is -0.347 e. The molecule has 0 unspecified atom stereocenters. The zero-order chi connectivity index (χ0) is 17.8. The molecule has 1 N–H and O–H groups in total. The van der Waals surface area contributed by atoms with Crippen LogP contribution in [0, 0.1) is 0 Å². The van der Waals surface area contributed by atoms with Crippen molar-refractivity contribution in [3.63, 3.8) is 0 Å². The maximum atomic E-state index is 12.6. The van der Waals surface area contributed by atoms with Crippen LogP contribution in [0.3, 0.4) is 0 Å². The van der Waals surface area contributed by atoms with Gasteiger partial charge in [0, 0.05) is 17.8 Å². The van der Waals surface area contributed by atoms with E-state index in [1.165, 1.54) is 11.1 Å². The Kier molecular flexibility index (Phi) is 4.73. The second kappa shape index (κ2) is 7.48. The van der Waals surface area contributed by atoms with Crippen LogP contribution in [0.4, 0.5) is 0 Å². The van der Waals surface area contributed by atoms with E-state index in [1.807, 2.05) is 36.4 Å². The Morgan fingerprint density at radius 3 is 2.23 bits per heavy atom. The van der Waals surface area contributed by atoms with E-state index < -0.39 is 0 Å². The summed E-state index contributed by atoms with van der Waals surface area (Å²) in [6, 6.07) is 20.4. The lowest BCUT2D eigenvalue weighted by atomic mass is 10.0. The van der Waals surface area contributed by atoms with Crippen molar-refractivity contribution in [2.45, 2.75) is 31.7 Å². The normalized spacial score (nSPS) is 14.3. The maximum Gasteiger partial charge on any atom is 0.289 e. The van der Waals surface area contributed by atoms with Gasteiger partial charge in [-0.25, -0.2) is 9.97 Å². The van der Waals surface area contributed by atoms with Crippen LogP contribution in [-0.2, 0) is 12.8 Å². The van der Waals surface area contributed by atoms with Crippen LogP contribution in [0.25, 0.3) is 11.3 Å². The van der Waals surface area contributed by atoms with Gasteiger partial charge in [-0.1, -0.05) is 54.6 Å². The van der Waals surface area contributed by atoms with Gasteiger partial charge in [0.05, 0.1) is 5.69 Å². The summed E-state index contributed by atoms with van der Waals surface area (Å²) in [6.45, 7) is 0. The average Bonchev–Trinajstić information content (AvgIpc) is 2.91. The molecule has 4 heteroatoms. The van der Waals surface area contributed by atoms with E-state index in [0.717, 1.165) is 36.9 Å². The molecule has 4 nitrogen and oxygen atoms in total. The number of rotatable bonds is 3. The number of nitrogens with zero attached hydrogens (tertiary/aromatic N) is 2. The first-order valence-corrected chi connectivity index (χ1v) is 9.06. The fourth-order valence-corrected chi connectivity index (χ4v) is 3.48.